The molecule has 8 heteroatoms. The molecule has 1 aromatic rings. The third-order valence-electron chi connectivity index (χ3n) is 3.61. The number of hydrogen-bond acceptors (Lipinski definition) is 5. The van der Waals surface area contributed by atoms with Crippen LogP contribution in [0, 0.1) is 0 Å². The lowest BCUT2D eigenvalue weighted by Crippen LogP contribution is -2.40. The first-order chi connectivity index (χ1) is 11.1. The quantitative estimate of drug-likeness (QED) is 0.781. The molecule has 0 aromatic carbocycles. The van der Waals surface area contributed by atoms with Crippen molar-refractivity contribution in [1.29, 1.82) is 0 Å². The van der Waals surface area contributed by atoms with Crippen LogP contribution in [0.25, 0.3) is 0 Å². The number of amides is 1. The highest BCUT2D eigenvalue weighted by atomic mass is 79.9. The van der Waals surface area contributed by atoms with Crippen LogP contribution in [0.3, 0.4) is 0 Å². The summed E-state index contributed by atoms with van der Waals surface area (Å²) in [5.74, 6) is -1.06. The van der Waals surface area contributed by atoms with Crippen molar-refractivity contribution in [2.24, 2.45) is 0 Å². The first-order valence-electron chi connectivity index (χ1n) is 7.58. The number of aromatic nitrogens is 1. The maximum atomic E-state index is 12.3. The molecule has 2 heterocycles. The van der Waals surface area contributed by atoms with Crippen molar-refractivity contribution < 1.29 is 24.2 Å². The third-order valence-corrected chi connectivity index (χ3v) is 4.24. The predicted molar refractivity (Wildman–Crippen MR) is 89.6 cm³/mol. The molecule has 1 fully saturated rings. The molecule has 132 valence electrons. The first-order valence-corrected chi connectivity index (χ1v) is 8.37. The van der Waals surface area contributed by atoms with Crippen molar-refractivity contribution in [3.05, 3.63) is 28.5 Å². The van der Waals surface area contributed by atoms with E-state index in [1.165, 1.54) is 4.90 Å². The molecule has 0 aliphatic carbocycles. The Kier molecular flexibility index (Phi) is 5.49. The van der Waals surface area contributed by atoms with Gasteiger partial charge in [0.1, 0.15) is 22.4 Å². The molecular formula is C16H21BrN2O5. The third kappa shape index (κ3) is 4.45. The van der Waals surface area contributed by atoms with Gasteiger partial charge in [-0.3, -0.25) is 0 Å². The molecule has 24 heavy (non-hydrogen) atoms. The van der Waals surface area contributed by atoms with Gasteiger partial charge in [-0.25, -0.2) is 14.6 Å². The van der Waals surface area contributed by atoms with Gasteiger partial charge in [-0.2, -0.15) is 0 Å². The Balaban J connectivity index is 2.25. The van der Waals surface area contributed by atoms with Crippen LogP contribution in [0.1, 0.15) is 32.8 Å². The van der Waals surface area contributed by atoms with Crippen LogP contribution in [0.5, 0.6) is 0 Å². The lowest BCUT2D eigenvalue weighted by Gasteiger charge is -2.30. The fourth-order valence-electron chi connectivity index (χ4n) is 2.61. The van der Waals surface area contributed by atoms with E-state index in [4.69, 9.17) is 14.6 Å². The number of halogens is 1. The van der Waals surface area contributed by atoms with Crippen molar-refractivity contribution in [3.63, 3.8) is 0 Å². The SMILES string of the molecule is CC(C)(C)OC(=O)N1CCC(OCC(=O)O)(c2cccnc2Br)C1. The Bertz CT molecular complexity index is 631. The molecule has 1 unspecified atom stereocenters. The monoisotopic (exact) mass is 400 g/mol. The second-order valence-corrected chi connectivity index (χ2v) is 7.42. The molecule has 1 aliphatic heterocycles. The van der Waals surface area contributed by atoms with Gasteiger partial charge in [0.2, 0.25) is 0 Å². The number of aliphatic carboxylic acids is 1. The van der Waals surface area contributed by atoms with Gasteiger partial charge in [-0.15, -0.1) is 0 Å². The van der Waals surface area contributed by atoms with E-state index < -0.39 is 29.9 Å². The maximum absolute atomic E-state index is 12.3. The molecule has 1 N–H and O–H groups in total. The molecule has 2 rings (SSSR count). The van der Waals surface area contributed by atoms with Crippen LogP contribution in [-0.2, 0) is 19.9 Å². The smallest absolute Gasteiger partial charge is 0.410 e. The summed E-state index contributed by atoms with van der Waals surface area (Å²) >= 11 is 3.38. The first kappa shape index (κ1) is 18.7. The Morgan fingerprint density at radius 2 is 2.17 bits per heavy atom. The van der Waals surface area contributed by atoms with Gasteiger partial charge in [0.05, 0.1) is 6.54 Å². The highest BCUT2D eigenvalue weighted by Crippen LogP contribution is 2.39. The average molecular weight is 401 g/mol. The minimum absolute atomic E-state index is 0.208. The molecule has 0 spiro atoms. The average Bonchev–Trinajstić information content (AvgIpc) is 2.89. The van der Waals surface area contributed by atoms with Gasteiger partial charge in [-0.05, 0) is 42.8 Å². The van der Waals surface area contributed by atoms with Crippen LogP contribution in [0.4, 0.5) is 4.79 Å². The summed E-state index contributed by atoms with van der Waals surface area (Å²) < 4.78 is 11.7. The number of hydrogen-bond donors (Lipinski definition) is 1. The summed E-state index contributed by atoms with van der Waals surface area (Å²) in [6.45, 7) is 5.56. The number of carboxylic acid groups (broad SMARTS) is 1. The molecule has 1 amide bonds. The van der Waals surface area contributed by atoms with E-state index in [1.807, 2.05) is 6.07 Å². The number of nitrogens with zero attached hydrogens (tertiary/aromatic N) is 2. The van der Waals surface area contributed by atoms with E-state index in [1.54, 1.807) is 33.0 Å². The van der Waals surface area contributed by atoms with E-state index in [-0.39, 0.29) is 6.54 Å². The number of ether oxygens (including phenoxy) is 2. The topological polar surface area (TPSA) is 89.0 Å². The molecule has 0 bridgehead atoms. The zero-order valence-corrected chi connectivity index (χ0v) is 15.5. The van der Waals surface area contributed by atoms with Crippen molar-refractivity contribution in [2.45, 2.75) is 38.4 Å². The number of likely N-dealkylation sites (tertiary alicyclic amines) is 1. The summed E-state index contributed by atoms with van der Waals surface area (Å²) in [6.07, 6.45) is 1.64. The van der Waals surface area contributed by atoms with E-state index in [9.17, 15) is 9.59 Å². The largest absolute Gasteiger partial charge is 0.480 e. The van der Waals surface area contributed by atoms with E-state index in [2.05, 4.69) is 20.9 Å². The van der Waals surface area contributed by atoms with E-state index in [0.29, 0.717) is 17.6 Å². The number of carbonyl (C=O) groups is 2. The van der Waals surface area contributed by atoms with Gasteiger partial charge >= 0.3 is 12.1 Å². The molecule has 7 nitrogen and oxygen atoms in total. The second kappa shape index (κ2) is 7.06. The van der Waals surface area contributed by atoms with Crippen LogP contribution in [-0.4, -0.2) is 52.4 Å². The standard InChI is InChI=1S/C16H21BrN2O5/c1-15(2,3)24-14(22)19-8-6-16(10-19,23-9-12(20)21)11-5-4-7-18-13(11)17/h4-5,7H,6,8-10H2,1-3H3,(H,20,21). The van der Waals surface area contributed by atoms with Gasteiger partial charge in [0, 0.05) is 24.7 Å². The van der Waals surface area contributed by atoms with Crippen LogP contribution < -0.4 is 0 Å². The van der Waals surface area contributed by atoms with Crippen molar-refractivity contribution >= 4 is 28.0 Å². The normalized spacial score (nSPS) is 20.9. The van der Waals surface area contributed by atoms with Crippen molar-refractivity contribution in [1.82, 2.24) is 9.88 Å². The number of carbonyl (C=O) groups excluding carboxylic acids is 1. The number of pyridine rings is 1. The predicted octanol–water partition coefficient (Wildman–Crippen LogP) is 2.78. The molecule has 1 aromatic heterocycles. The van der Waals surface area contributed by atoms with Gasteiger partial charge in [0.25, 0.3) is 0 Å². The minimum Gasteiger partial charge on any atom is -0.480 e. The highest BCUT2D eigenvalue weighted by molar-refractivity contribution is 9.10. The van der Waals surface area contributed by atoms with E-state index >= 15 is 0 Å². The minimum atomic E-state index is -1.06. The summed E-state index contributed by atoms with van der Waals surface area (Å²) in [7, 11) is 0. The molecular weight excluding hydrogens is 380 g/mol. The molecule has 0 saturated carbocycles. The van der Waals surface area contributed by atoms with Gasteiger partial charge in [-0.1, -0.05) is 6.07 Å². The Morgan fingerprint density at radius 3 is 2.75 bits per heavy atom. The lowest BCUT2D eigenvalue weighted by atomic mass is 9.94. The Labute approximate surface area is 149 Å². The fourth-order valence-corrected chi connectivity index (χ4v) is 3.22. The summed E-state index contributed by atoms with van der Waals surface area (Å²) in [4.78, 5) is 29.0. The molecule has 1 aliphatic rings. The summed E-state index contributed by atoms with van der Waals surface area (Å²) in [5.41, 5.74) is -0.807. The summed E-state index contributed by atoms with van der Waals surface area (Å²) in [5, 5.41) is 8.97. The zero-order chi connectivity index (χ0) is 18.0. The molecule has 1 saturated heterocycles. The highest BCUT2D eigenvalue weighted by Gasteiger charge is 2.45. The summed E-state index contributed by atoms with van der Waals surface area (Å²) in [6, 6.07) is 3.57. The van der Waals surface area contributed by atoms with Crippen LogP contribution in [0.15, 0.2) is 22.9 Å². The Hall–Kier alpha value is -1.67. The van der Waals surface area contributed by atoms with Gasteiger partial charge < -0.3 is 19.5 Å². The zero-order valence-electron chi connectivity index (χ0n) is 13.9. The second-order valence-electron chi connectivity index (χ2n) is 6.67. The fraction of sp³-hybridized carbons (Fsp3) is 0.562. The van der Waals surface area contributed by atoms with Crippen LogP contribution >= 0.6 is 15.9 Å². The maximum Gasteiger partial charge on any atom is 0.410 e. The van der Waals surface area contributed by atoms with Crippen LogP contribution in [0.2, 0.25) is 0 Å². The van der Waals surface area contributed by atoms with E-state index in [0.717, 1.165) is 5.56 Å². The molecule has 0 radical (unpaired) electrons. The van der Waals surface area contributed by atoms with Gasteiger partial charge in [0.15, 0.2) is 0 Å². The Morgan fingerprint density at radius 1 is 1.46 bits per heavy atom. The number of rotatable bonds is 4. The molecule has 1 atom stereocenters. The lowest BCUT2D eigenvalue weighted by molar-refractivity contribution is -0.149. The van der Waals surface area contributed by atoms with Crippen molar-refractivity contribution in [3.8, 4) is 0 Å². The number of carboxylic acids is 1. The van der Waals surface area contributed by atoms with Crippen molar-refractivity contribution in [2.75, 3.05) is 19.7 Å².